The number of carbonyl (C=O) groups excluding carboxylic acids is 1. The van der Waals surface area contributed by atoms with Crippen LogP contribution in [0.2, 0.25) is 0 Å². The topological polar surface area (TPSA) is 99.0 Å². The van der Waals surface area contributed by atoms with Crippen LogP contribution in [0.1, 0.15) is 16.2 Å². The van der Waals surface area contributed by atoms with Gasteiger partial charge < -0.3 is 29.0 Å². The van der Waals surface area contributed by atoms with Gasteiger partial charge in [-0.25, -0.2) is 0 Å². The van der Waals surface area contributed by atoms with Crippen molar-refractivity contribution in [1.29, 1.82) is 0 Å². The van der Waals surface area contributed by atoms with Gasteiger partial charge in [-0.05, 0) is 30.3 Å². The van der Waals surface area contributed by atoms with Crippen molar-refractivity contribution in [2.75, 3.05) is 45.8 Å². The first-order valence-corrected chi connectivity index (χ1v) is 9.94. The zero-order valence-electron chi connectivity index (χ0n) is 17.5. The van der Waals surface area contributed by atoms with E-state index in [1.54, 1.807) is 25.2 Å². The fourth-order valence-corrected chi connectivity index (χ4v) is 3.31. The first kappa shape index (κ1) is 20.7. The van der Waals surface area contributed by atoms with Crippen LogP contribution in [-0.4, -0.2) is 61.5 Å². The number of nitrogens with zero attached hydrogens (tertiary/aromatic N) is 3. The Hall–Kier alpha value is -3.59. The molecule has 9 nitrogen and oxygen atoms in total. The fraction of sp³-hybridized carbons (Fsp3) is 0.318. The van der Waals surface area contributed by atoms with E-state index in [1.807, 2.05) is 36.4 Å². The predicted octanol–water partition coefficient (Wildman–Crippen LogP) is 2.84. The number of amides is 1. The molecule has 1 fully saturated rings. The van der Waals surface area contributed by atoms with E-state index in [9.17, 15) is 4.79 Å². The monoisotopic (exact) mass is 424 g/mol. The fourth-order valence-electron chi connectivity index (χ4n) is 3.31. The van der Waals surface area contributed by atoms with E-state index in [0.29, 0.717) is 67.2 Å². The highest BCUT2D eigenvalue weighted by Crippen LogP contribution is 2.31. The van der Waals surface area contributed by atoms with Crippen molar-refractivity contribution in [2.45, 2.75) is 6.54 Å². The maximum atomic E-state index is 12.7. The number of nitrogens with one attached hydrogen (secondary N) is 1. The van der Waals surface area contributed by atoms with Crippen LogP contribution in [0.15, 0.2) is 47.0 Å². The van der Waals surface area contributed by atoms with Crippen LogP contribution in [0.25, 0.3) is 11.4 Å². The molecule has 0 unspecified atom stereocenters. The molecule has 31 heavy (non-hydrogen) atoms. The van der Waals surface area contributed by atoms with Crippen molar-refractivity contribution in [3.63, 3.8) is 0 Å². The Kier molecular flexibility index (Phi) is 6.32. The van der Waals surface area contributed by atoms with Gasteiger partial charge >= 0.3 is 0 Å². The molecule has 2 aromatic carbocycles. The quantitative estimate of drug-likeness (QED) is 0.618. The van der Waals surface area contributed by atoms with E-state index in [4.69, 9.17) is 18.7 Å². The zero-order chi connectivity index (χ0) is 21.6. The van der Waals surface area contributed by atoms with Crippen molar-refractivity contribution in [3.8, 4) is 22.9 Å². The summed E-state index contributed by atoms with van der Waals surface area (Å²) in [4.78, 5) is 18.9. The summed E-state index contributed by atoms with van der Waals surface area (Å²) in [6.45, 7) is 2.68. The van der Waals surface area contributed by atoms with Gasteiger partial charge in [-0.15, -0.1) is 0 Å². The standard InChI is InChI=1S/C22H24N4O5/c1-28-17-6-7-18(19(13-17)29-2)21-24-20(31-25-21)14-23-16-5-3-4-15(12-16)22(27)26-8-10-30-11-9-26/h3-7,12-13,23H,8-11,14H2,1-2H3. The van der Waals surface area contributed by atoms with E-state index >= 15 is 0 Å². The van der Waals surface area contributed by atoms with Gasteiger partial charge in [-0.3, -0.25) is 4.79 Å². The Morgan fingerprint density at radius 2 is 1.97 bits per heavy atom. The number of anilines is 1. The highest BCUT2D eigenvalue weighted by molar-refractivity contribution is 5.95. The second-order valence-electron chi connectivity index (χ2n) is 6.92. The molecule has 1 saturated heterocycles. The van der Waals surface area contributed by atoms with Crippen LogP contribution >= 0.6 is 0 Å². The third-order valence-electron chi connectivity index (χ3n) is 4.97. The summed E-state index contributed by atoms with van der Waals surface area (Å²) in [5.74, 6) is 2.11. The number of rotatable bonds is 7. The summed E-state index contributed by atoms with van der Waals surface area (Å²) >= 11 is 0. The SMILES string of the molecule is COc1ccc(-c2noc(CNc3cccc(C(=O)N4CCOCC4)c3)n2)c(OC)c1. The normalized spacial score (nSPS) is 13.7. The number of methoxy groups -OCH3 is 2. The molecule has 1 N–H and O–H groups in total. The minimum Gasteiger partial charge on any atom is -0.497 e. The molecule has 0 saturated carbocycles. The van der Waals surface area contributed by atoms with Gasteiger partial charge in [0.25, 0.3) is 5.91 Å². The first-order valence-electron chi connectivity index (χ1n) is 9.94. The molecule has 0 aliphatic carbocycles. The Balaban J connectivity index is 1.43. The molecule has 1 aromatic heterocycles. The summed E-state index contributed by atoms with van der Waals surface area (Å²) in [6.07, 6.45) is 0. The number of carbonyl (C=O) groups is 1. The zero-order valence-corrected chi connectivity index (χ0v) is 17.5. The summed E-state index contributed by atoms with van der Waals surface area (Å²) < 4.78 is 21.3. The Labute approximate surface area is 179 Å². The van der Waals surface area contributed by atoms with Gasteiger partial charge in [0.15, 0.2) is 0 Å². The van der Waals surface area contributed by atoms with Gasteiger partial charge in [0, 0.05) is 30.4 Å². The number of aromatic nitrogens is 2. The molecule has 3 aromatic rings. The van der Waals surface area contributed by atoms with E-state index < -0.39 is 0 Å². The van der Waals surface area contributed by atoms with Crippen molar-refractivity contribution < 1.29 is 23.5 Å². The molecule has 2 heterocycles. The molecule has 0 spiro atoms. The number of ether oxygens (including phenoxy) is 3. The van der Waals surface area contributed by atoms with Crippen LogP contribution in [0.4, 0.5) is 5.69 Å². The summed E-state index contributed by atoms with van der Waals surface area (Å²) in [6, 6.07) is 12.8. The minimum absolute atomic E-state index is 0.00127. The largest absolute Gasteiger partial charge is 0.497 e. The molecular weight excluding hydrogens is 400 g/mol. The van der Waals surface area contributed by atoms with Crippen molar-refractivity contribution in [2.24, 2.45) is 0 Å². The lowest BCUT2D eigenvalue weighted by atomic mass is 10.1. The van der Waals surface area contributed by atoms with Gasteiger partial charge in [0.05, 0.1) is 39.5 Å². The molecule has 9 heteroatoms. The lowest BCUT2D eigenvalue weighted by molar-refractivity contribution is 0.0303. The maximum absolute atomic E-state index is 12.7. The van der Waals surface area contributed by atoms with Crippen LogP contribution in [0.5, 0.6) is 11.5 Å². The third kappa shape index (κ3) is 4.77. The van der Waals surface area contributed by atoms with Gasteiger partial charge in [-0.2, -0.15) is 4.98 Å². The van der Waals surface area contributed by atoms with Gasteiger partial charge in [-0.1, -0.05) is 11.2 Å². The Bertz CT molecular complexity index is 1050. The van der Waals surface area contributed by atoms with E-state index in [1.165, 1.54) is 0 Å². The molecule has 1 aliphatic heterocycles. The van der Waals surface area contributed by atoms with E-state index in [0.717, 1.165) is 5.69 Å². The number of hydrogen-bond acceptors (Lipinski definition) is 8. The van der Waals surface area contributed by atoms with Gasteiger partial charge in [0.1, 0.15) is 11.5 Å². The smallest absolute Gasteiger partial charge is 0.254 e. The number of benzene rings is 2. The second-order valence-corrected chi connectivity index (χ2v) is 6.92. The molecule has 162 valence electrons. The second kappa shape index (κ2) is 9.48. The molecule has 0 bridgehead atoms. The molecular formula is C22H24N4O5. The summed E-state index contributed by atoms with van der Waals surface area (Å²) in [5, 5.41) is 7.28. The number of morpholine rings is 1. The first-order chi connectivity index (χ1) is 15.2. The highest BCUT2D eigenvalue weighted by atomic mass is 16.5. The van der Waals surface area contributed by atoms with Crippen LogP contribution in [-0.2, 0) is 11.3 Å². The van der Waals surface area contributed by atoms with Crippen molar-refractivity contribution in [3.05, 3.63) is 53.9 Å². The van der Waals surface area contributed by atoms with Crippen LogP contribution < -0.4 is 14.8 Å². The highest BCUT2D eigenvalue weighted by Gasteiger charge is 2.19. The molecule has 1 amide bonds. The minimum atomic E-state index is -0.00127. The van der Waals surface area contributed by atoms with E-state index in [2.05, 4.69) is 15.5 Å². The van der Waals surface area contributed by atoms with Crippen molar-refractivity contribution >= 4 is 11.6 Å². The summed E-state index contributed by atoms with van der Waals surface area (Å²) in [5.41, 5.74) is 2.12. The number of hydrogen-bond donors (Lipinski definition) is 1. The average molecular weight is 424 g/mol. The molecule has 4 rings (SSSR count). The van der Waals surface area contributed by atoms with E-state index in [-0.39, 0.29) is 5.91 Å². The Morgan fingerprint density at radius 3 is 2.74 bits per heavy atom. The molecule has 0 radical (unpaired) electrons. The van der Waals surface area contributed by atoms with Gasteiger partial charge in [0.2, 0.25) is 11.7 Å². The molecule has 0 atom stereocenters. The molecule has 1 aliphatic rings. The third-order valence-corrected chi connectivity index (χ3v) is 4.97. The Morgan fingerprint density at radius 1 is 1.13 bits per heavy atom. The van der Waals surface area contributed by atoms with Crippen molar-refractivity contribution in [1.82, 2.24) is 15.0 Å². The lowest BCUT2D eigenvalue weighted by Gasteiger charge is -2.27. The summed E-state index contributed by atoms with van der Waals surface area (Å²) in [7, 11) is 3.17. The average Bonchev–Trinajstić information content (AvgIpc) is 3.31. The lowest BCUT2D eigenvalue weighted by Crippen LogP contribution is -2.40. The predicted molar refractivity (Wildman–Crippen MR) is 113 cm³/mol. The van der Waals surface area contributed by atoms with Crippen LogP contribution in [0, 0.1) is 0 Å². The maximum Gasteiger partial charge on any atom is 0.254 e. The van der Waals surface area contributed by atoms with Crippen LogP contribution in [0.3, 0.4) is 0 Å².